The topological polar surface area (TPSA) is 47.0 Å². The minimum atomic E-state index is -0.512. The van der Waals surface area contributed by atoms with Gasteiger partial charge < -0.3 is 10.1 Å². The maximum Gasteiger partial charge on any atom is 0.123 e. The monoisotopic (exact) mass is 296 g/mol. The maximum absolute atomic E-state index is 12.2. The Morgan fingerprint density at radius 2 is 1.91 bits per heavy atom. The third kappa shape index (κ3) is 2.98. The van der Waals surface area contributed by atoms with Crippen LogP contribution in [-0.2, 0) is 0 Å². The van der Waals surface area contributed by atoms with Crippen LogP contribution in [0.1, 0.15) is 0 Å². The lowest BCUT2D eigenvalue weighted by Gasteiger charge is -2.07. The summed E-state index contributed by atoms with van der Waals surface area (Å²) in [4.78, 5) is 9.03. The molecule has 1 N–H and O–H groups in total. The third-order valence-electron chi connectivity index (χ3n) is 3.33. The van der Waals surface area contributed by atoms with Crippen molar-refractivity contribution in [2.75, 3.05) is 25.6 Å². The number of aromatic nitrogens is 2. The van der Waals surface area contributed by atoms with Crippen molar-refractivity contribution in [2.45, 2.75) is 0 Å². The molecule has 0 aliphatic carbocycles. The van der Waals surface area contributed by atoms with Crippen LogP contribution < -0.4 is 10.1 Å². The van der Waals surface area contributed by atoms with Crippen LogP contribution in [0.3, 0.4) is 0 Å². The van der Waals surface area contributed by atoms with Crippen molar-refractivity contribution in [3.8, 4) is 17.0 Å². The molecule has 0 spiro atoms. The van der Waals surface area contributed by atoms with Gasteiger partial charge in [0.1, 0.15) is 19.0 Å². The Bertz CT molecular complexity index is 774. The Kier molecular flexibility index (Phi) is 4.14. The van der Waals surface area contributed by atoms with Crippen LogP contribution in [0.5, 0.6) is 5.75 Å². The number of alkyl halides is 1. The lowest BCUT2D eigenvalue weighted by molar-refractivity contribution is 0.273. The summed E-state index contributed by atoms with van der Waals surface area (Å²) in [5, 5.41) is 3.08. The Hall–Kier alpha value is -2.69. The SMILES string of the molecule is CNc1ccc(-c2cnc3ccc(OCC[18F])cc3n2)cc1. The number of benzene rings is 2. The first-order chi connectivity index (χ1) is 10.8. The average molecular weight is 296 g/mol. The molecule has 1 heterocycles. The highest BCUT2D eigenvalue weighted by Gasteiger charge is 2.04. The molecule has 0 bridgehead atoms. The van der Waals surface area contributed by atoms with Crippen LogP contribution in [0.2, 0.25) is 0 Å². The molecule has 4 nitrogen and oxygen atoms in total. The molecular formula is C17H16FN3O. The van der Waals surface area contributed by atoms with Crippen LogP contribution in [-0.4, -0.2) is 30.3 Å². The van der Waals surface area contributed by atoms with Crippen molar-refractivity contribution in [3.63, 3.8) is 0 Å². The summed E-state index contributed by atoms with van der Waals surface area (Å²) in [7, 11) is 1.88. The number of nitrogens with zero attached hydrogens (tertiary/aromatic N) is 2. The van der Waals surface area contributed by atoms with Crippen LogP contribution in [0.15, 0.2) is 48.7 Å². The van der Waals surface area contributed by atoms with E-state index in [9.17, 15) is 4.39 Å². The van der Waals surface area contributed by atoms with Gasteiger partial charge >= 0.3 is 0 Å². The van der Waals surface area contributed by atoms with E-state index in [0.717, 1.165) is 28.0 Å². The molecule has 0 saturated heterocycles. The molecule has 112 valence electrons. The quantitative estimate of drug-likeness (QED) is 0.780. The number of anilines is 1. The van der Waals surface area contributed by atoms with E-state index in [0.29, 0.717) is 5.75 Å². The summed E-state index contributed by atoms with van der Waals surface area (Å²) in [5.41, 5.74) is 4.33. The first kappa shape index (κ1) is 14.3. The molecule has 22 heavy (non-hydrogen) atoms. The van der Waals surface area contributed by atoms with Gasteiger partial charge in [0.2, 0.25) is 0 Å². The predicted molar refractivity (Wildman–Crippen MR) is 86.0 cm³/mol. The highest BCUT2D eigenvalue weighted by atomic mass is 18.2. The number of fused-ring (bicyclic) bond motifs is 1. The minimum absolute atomic E-state index is 0.0457. The molecule has 3 aromatic rings. The summed E-state index contributed by atoms with van der Waals surface area (Å²) in [6, 6.07) is 13.3. The van der Waals surface area contributed by atoms with E-state index in [-0.39, 0.29) is 6.61 Å². The normalized spacial score (nSPS) is 10.6. The van der Waals surface area contributed by atoms with Gasteiger partial charge in [-0.25, -0.2) is 9.37 Å². The van der Waals surface area contributed by atoms with Crippen molar-refractivity contribution in [1.82, 2.24) is 9.97 Å². The summed E-state index contributed by atoms with van der Waals surface area (Å²) < 4.78 is 17.5. The number of hydrogen-bond donors (Lipinski definition) is 1. The fourth-order valence-corrected chi connectivity index (χ4v) is 2.18. The Labute approximate surface area is 128 Å². The summed E-state index contributed by atoms with van der Waals surface area (Å²) in [5.74, 6) is 0.599. The molecule has 2 aromatic carbocycles. The van der Waals surface area contributed by atoms with Crippen molar-refractivity contribution < 1.29 is 9.13 Å². The van der Waals surface area contributed by atoms with Crippen LogP contribution in [0, 0.1) is 0 Å². The van der Waals surface area contributed by atoms with E-state index in [4.69, 9.17) is 4.74 Å². The van der Waals surface area contributed by atoms with Gasteiger partial charge in [-0.3, -0.25) is 4.98 Å². The third-order valence-corrected chi connectivity index (χ3v) is 3.33. The van der Waals surface area contributed by atoms with Crippen molar-refractivity contribution in [1.29, 1.82) is 0 Å². The number of halogens is 1. The van der Waals surface area contributed by atoms with E-state index in [1.54, 1.807) is 18.3 Å². The van der Waals surface area contributed by atoms with Crippen molar-refractivity contribution in [3.05, 3.63) is 48.7 Å². The fourth-order valence-electron chi connectivity index (χ4n) is 2.18. The molecule has 0 fully saturated rings. The predicted octanol–water partition coefficient (Wildman–Crippen LogP) is 3.69. The summed E-state index contributed by atoms with van der Waals surface area (Å²) >= 11 is 0. The van der Waals surface area contributed by atoms with E-state index in [1.807, 2.05) is 37.4 Å². The zero-order valence-corrected chi connectivity index (χ0v) is 12.2. The van der Waals surface area contributed by atoms with Gasteiger partial charge in [0, 0.05) is 24.4 Å². The van der Waals surface area contributed by atoms with Crippen LogP contribution in [0.4, 0.5) is 10.1 Å². The number of ether oxygens (including phenoxy) is 1. The molecule has 0 radical (unpaired) electrons. The molecule has 0 aliphatic rings. The fraction of sp³-hybridized carbons (Fsp3) is 0.176. The molecule has 0 saturated carbocycles. The molecule has 1 aromatic heterocycles. The number of rotatable bonds is 5. The molecular weight excluding hydrogens is 280 g/mol. The first-order valence-electron chi connectivity index (χ1n) is 7.04. The second kappa shape index (κ2) is 6.39. The Morgan fingerprint density at radius 3 is 2.64 bits per heavy atom. The highest BCUT2D eigenvalue weighted by Crippen LogP contribution is 2.23. The molecule has 0 unspecified atom stereocenters. The summed E-state index contributed by atoms with van der Waals surface area (Å²) in [6.45, 7) is -0.467. The van der Waals surface area contributed by atoms with Crippen LogP contribution in [0.25, 0.3) is 22.3 Å². The first-order valence-corrected chi connectivity index (χ1v) is 7.04. The zero-order valence-electron chi connectivity index (χ0n) is 12.2. The van der Waals surface area contributed by atoms with E-state index >= 15 is 0 Å². The lowest BCUT2D eigenvalue weighted by atomic mass is 10.1. The van der Waals surface area contributed by atoms with E-state index in [2.05, 4.69) is 15.3 Å². The van der Waals surface area contributed by atoms with Crippen molar-refractivity contribution in [2.24, 2.45) is 0 Å². The maximum atomic E-state index is 12.2. The zero-order chi connectivity index (χ0) is 15.4. The molecule has 0 amide bonds. The van der Waals surface area contributed by atoms with Gasteiger partial charge in [-0.15, -0.1) is 0 Å². The lowest BCUT2D eigenvalue weighted by Crippen LogP contribution is -1.99. The van der Waals surface area contributed by atoms with Gasteiger partial charge in [-0.2, -0.15) is 0 Å². The molecule has 0 aliphatic heterocycles. The second-order valence-electron chi connectivity index (χ2n) is 4.77. The minimum Gasteiger partial charge on any atom is -0.491 e. The molecule has 3 rings (SSSR count). The van der Waals surface area contributed by atoms with Crippen molar-refractivity contribution >= 4 is 16.7 Å². The van der Waals surface area contributed by atoms with Gasteiger partial charge in [0.15, 0.2) is 0 Å². The largest absolute Gasteiger partial charge is 0.491 e. The Morgan fingerprint density at radius 1 is 1.09 bits per heavy atom. The number of hydrogen-bond acceptors (Lipinski definition) is 4. The van der Waals surface area contributed by atoms with E-state index < -0.39 is 6.67 Å². The van der Waals surface area contributed by atoms with Gasteiger partial charge in [-0.05, 0) is 24.3 Å². The second-order valence-corrected chi connectivity index (χ2v) is 4.77. The van der Waals surface area contributed by atoms with Gasteiger partial charge in [0.05, 0.1) is 22.9 Å². The smallest absolute Gasteiger partial charge is 0.123 e. The molecule has 0 atom stereocenters. The average Bonchev–Trinajstić information content (AvgIpc) is 2.59. The Balaban J connectivity index is 1.95. The number of nitrogens with one attached hydrogen (secondary N) is 1. The van der Waals surface area contributed by atoms with E-state index in [1.165, 1.54) is 0 Å². The van der Waals surface area contributed by atoms with Crippen LogP contribution >= 0.6 is 0 Å². The summed E-state index contributed by atoms with van der Waals surface area (Å²) in [6.07, 6.45) is 1.75. The molecule has 5 heteroatoms. The van der Waals surface area contributed by atoms with Gasteiger partial charge in [-0.1, -0.05) is 12.1 Å². The standard InChI is InChI=1S/C17H16FN3O/c1-19-13-4-2-12(3-5-13)17-11-20-15-7-6-14(22-9-8-18)10-16(15)21-17/h2-7,10-11,19H,8-9H2,1H3/i18-1. The van der Waals surface area contributed by atoms with Gasteiger partial charge in [0.25, 0.3) is 0 Å². The highest BCUT2D eigenvalue weighted by molar-refractivity contribution is 5.78.